The third-order valence-electron chi connectivity index (χ3n) is 0.779. The van der Waals surface area contributed by atoms with Crippen molar-refractivity contribution < 1.29 is 5.02 Å². The Bertz CT molecular complexity index is 155. The number of hydrogen-bond acceptors (Lipinski definition) is 3. The van der Waals surface area contributed by atoms with Crippen molar-refractivity contribution >= 4 is 13.1 Å². The molecule has 0 radical (unpaired) electrons. The standard InChI is InChI=1S/C4H5BN2O/c8-5-4-3-6-1-2-7-4/h1-3,5,8H. The van der Waals surface area contributed by atoms with E-state index in [2.05, 4.69) is 9.97 Å². The monoisotopic (exact) mass is 108 g/mol. The normalized spacial score (nSPS) is 8.62. The molecule has 0 spiro atoms. The highest BCUT2D eigenvalue weighted by atomic mass is 16.2. The minimum absolute atomic E-state index is 0.0339. The Balaban J connectivity index is 2.83. The Morgan fingerprint density at radius 2 is 2.38 bits per heavy atom. The first kappa shape index (κ1) is 5.25. The van der Waals surface area contributed by atoms with E-state index in [0.29, 0.717) is 5.59 Å². The zero-order valence-corrected chi connectivity index (χ0v) is 4.28. The Labute approximate surface area is 47.7 Å². The Hall–Kier alpha value is -0.895. The molecule has 0 saturated heterocycles. The van der Waals surface area contributed by atoms with Crippen LogP contribution in [0.15, 0.2) is 18.6 Å². The van der Waals surface area contributed by atoms with Crippen LogP contribution < -0.4 is 5.59 Å². The van der Waals surface area contributed by atoms with Crippen molar-refractivity contribution in [3.05, 3.63) is 18.6 Å². The molecule has 0 unspecified atom stereocenters. The lowest BCUT2D eigenvalue weighted by Gasteiger charge is -1.85. The van der Waals surface area contributed by atoms with Gasteiger partial charge in [-0.15, -0.1) is 0 Å². The van der Waals surface area contributed by atoms with E-state index in [4.69, 9.17) is 5.02 Å². The predicted molar refractivity (Wildman–Crippen MR) is 31.0 cm³/mol. The first-order valence-corrected chi connectivity index (χ1v) is 2.29. The number of hydrogen-bond donors (Lipinski definition) is 1. The van der Waals surface area contributed by atoms with Crippen LogP contribution in [0.25, 0.3) is 0 Å². The summed E-state index contributed by atoms with van der Waals surface area (Å²) in [7, 11) is -0.0339. The van der Waals surface area contributed by atoms with Gasteiger partial charge in [0.05, 0.1) is 5.59 Å². The predicted octanol–water partition coefficient (Wildman–Crippen LogP) is -1.55. The second-order valence-electron chi connectivity index (χ2n) is 1.35. The van der Waals surface area contributed by atoms with Crippen molar-refractivity contribution in [3.8, 4) is 0 Å². The van der Waals surface area contributed by atoms with Crippen molar-refractivity contribution in [2.24, 2.45) is 0 Å². The van der Waals surface area contributed by atoms with Gasteiger partial charge >= 0.3 is 7.48 Å². The molecular weight excluding hydrogens is 103 g/mol. The van der Waals surface area contributed by atoms with Crippen LogP contribution in [-0.4, -0.2) is 22.5 Å². The average Bonchev–Trinajstić information content (AvgIpc) is 1.90. The Morgan fingerprint density at radius 3 is 2.75 bits per heavy atom. The fraction of sp³-hybridized carbons (Fsp3) is 0. The lowest BCUT2D eigenvalue weighted by atomic mass is 9.97. The molecule has 1 N–H and O–H groups in total. The zero-order chi connectivity index (χ0) is 5.82. The molecular formula is C4H5BN2O. The van der Waals surface area contributed by atoms with E-state index in [1.807, 2.05) is 0 Å². The highest BCUT2D eigenvalue weighted by Gasteiger charge is 1.88. The summed E-state index contributed by atoms with van der Waals surface area (Å²) < 4.78 is 0. The van der Waals surface area contributed by atoms with Crippen LogP contribution in [-0.2, 0) is 0 Å². The molecule has 0 saturated carbocycles. The van der Waals surface area contributed by atoms with Crippen LogP contribution >= 0.6 is 0 Å². The quantitative estimate of drug-likeness (QED) is 0.442. The maximum atomic E-state index is 8.44. The van der Waals surface area contributed by atoms with Crippen LogP contribution in [0.1, 0.15) is 0 Å². The summed E-state index contributed by atoms with van der Waals surface area (Å²) in [5, 5.41) is 8.44. The molecule has 0 bridgehead atoms. The van der Waals surface area contributed by atoms with Gasteiger partial charge in [0.25, 0.3) is 0 Å². The molecule has 0 aromatic carbocycles. The first-order chi connectivity index (χ1) is 3.93. The maximum Gasteiger partial charge on any atom is 0.327 e. The largest absolute Gasteiger partial charge is 0.448 e. The molecule has 0 atom stereocenters. The minimum Gasteiger partial charge on any atom is -0.448 e. The molecule has 1 rings (SSSR count). The summed E-state index contributed by atoms with van der Waals surface area (Å²) in [6.45, 7) is 0. The van der Waals surface area contributed by atoms with Crippen LogP contribution in [0.5, 0.6) is 0 Å². The SMILES string of the molecule is OBc1cnccn1. The molecule has 1 aromatic heterocycles. The van der Waals surface area contributed by atoms with Crippen LogP contribution in [0.4, 0.5) is 0 Å². The molecule has 1 heterocycles. The average molecular weight is 108 g/mol. The number of nitrogens with zero attached hydrogens (tertiary/aromatic N) is 2. The van der Waals surface area contributed by atoms with Gasteiger partial charge in [-0.25, -0.2) is 0 Å². The molecule has 1 aromatic rings. The van der Waals surface area contributed by atoms with Gasteiger partial charge in [-0.2, -0.15) is 0 Å². The molecule has 0 fully saturated rings. The molecule has 8 heavy (non-hydrogen) atoms. The third-order valence-corrected chi connectivity index (χ3v) is 0.779. The summed E-state index contributed by atoms with van der Waals surface area (Å²) >= 11 is 0. The van der Waals surface area contributed by atoms with E-state index in [9.17, 15) is 0 Å². The Morgan fingerprint density at radius 1 is 1.50 bits per heavy atom. The van der Waals surface area contributed by atoms with Gasteiger partial charge in [-0.3, -0.25) is 9.97 Å². The van der Waals surface area contributed by atoms with Gasteiger partial charge in [-0.1, -0.05) is 0 Å². The van der Waals surface area contributed by atoms with E-state index in [1.54, 1.807) is 12.4 Å². The van der Waals surface area contributed by atoms with Crippen LogP contribution in [0, 0.1) is 0 Å². The molecule has 4 heteroatoms. The molecule has 0 amide bonds. The van der Waals surface area contributed by atoms with Gasteiger partial charge in [0, 0.05) is 18.6 Å². The highest BCUT2D eigenvalue weighted by molar-refractivity contribution is 6.43. The summed E-state index contributed by atoms with van der Waals surface area (Å²) in [6.07, 6.45) is 4.64. The van der Waals surface area contributed by atoms with Gasteiger partial charge < -0.3 is 5.02 Å². The molecule has 40 valence electrons. The number of aromatic nitrogens is 2. The summed E-state index contributed by atoms with van der Waals surface area (Å²) in [5.74, 6) is 0. The summed E-state index contributed by atoms with van der Waals surface area (Å²) in [5.41, 5.74) is 0.604. The van der Waals surface area contributed by atoms with Gasteiger partial charge in [0.15, 0.2) is 0 Å². The lowest BCUT2D eigenvalue weighted by Crippen LogP contribution is -2.17. The second kappa shape index (κ2) is 2.42. The van der Waals surface area contributed by atoms with Gasteiger partial charge in [0.1, 0.15) is 0 Å². The van der Waals surface area contributed by atoms with Crippen molar-refractivity contribution in [2.75, 3.05) is 0 Å². The van der Waals surface area contributed by atoms with Crippen molar-refractivity contribution in [2.45, 2.75) is 0 Å². The van der Waals surface area contributed by atoms with Crippen molar-refractivity contribution in [1.29, 1.82) is 0 Å². The molecule has 0 aliphatic carbocycles. The minimum atomic E-state index is -0.0339. The van der Waals surface area contributed by atoms with Crippen molar-refractivity contribution in [1.82, 2.24) is 9.97 Å². The summed E-state index contributed by atoms with van der Waals surface area (Å²) in [6, 6.07) is 0. The van der Waals surface area contributed by atoms with E-state index in [0.717, 1.165) is 0 Å². The van der Waals surface area contributed by atoms with E-state index < -0.39 is 0 Å². The van der Waals surface area contributed by atoms with E-state index in [-0.39, 0.29) is 7.48 Å². The van der Waals surface area contributed by atoms with Crippen LogP contribution in [0.2, 0.25) is 0 Å². The number of rotatable bonds is 1. The highest BCUT2D eigenvalue weighted by Crippen LogP contribution is 1.65. The molecule has 3 nitrogen and oxygen atoms in total. The topological polar surface area (TPSA) is 46.0 Å². The van der Waals surface area contributed by atoms with Gasteiger partial charge in [-0.05, 0) is 0 Å². The lowest BCUT2D eigenvalue weighted by molar-refractivity contribution is 0.614. The zero-order valence-electron chi connectivity index (χ0n) is 4.28. The second-order valence-corrected chi connectivity index (χ2v) is 1.35. The smallest absolute Gasteiger partial charge is 0.327 e. The van der Waals surface area contributed by atoms with E-state index >= 15 is 0 Å². The first-order valence-electron chi connectivity index (χ1n) is 2.29. The van der Waals surface area contributed by atoms with Gasteiger partial charge in [0.2, 0.25) is 0 Å². The van der Waals surface area contributed by atoms with E-state index in [1.165, 1.54) is 6.20 Å². The fourth-order valence-electron chi connectivity index (χ4n) is 0.412. The van der Waals surface area contributed by atoms with Crippen LogP contribution in [0.3, 0.4) is 0 Å². The van der Waals surface area contributed by atoms with Crippen molar-refractivity contribution in [3.63, 3.8) is 0 Å². The molecule has 0 aliphatic heterocycles. The summed E-state index contributed by atoms with van der Waals surface area (Å²) in [4.78, 5) is 7.52. The third kappa shape index (κ3) is 1.04. The molecule has 0 aliphatic rings. The fourth-order valence-corrected chi connectivity index (χ4v) is 0.412. The Kier molecular flexibility index (Phi) is 1.59. The maximum absolute atomic E-state index is 8.44.